The van der Waals surface area contributed by atoms with Crippen molar-refractivity contribution in [1.29, 1.82) is 0 Å². The van der Waals surface area contributed by atoms with Gasteiger partial charge in [0, 0.05) is 5.56 Å². The average Bonchev–Trinajstić information content (AvgIpc) is 2.25. The Labute approximate surface area is 108 Å². The van der Waals surface area contributed by atoms with Gasteiger partial charge in [-0.05, 0) is 46.8 Å². The molecule has 0 heterocycles. The van der Waals surface area contributed by atoms with E-state index >= 15 is 0 Å². The summed E-state index contributed by atoms with van der Waals surface area (Å²) in [7, 11) is 0. The maximum absolute atomic E-state index is 11.2. The zero-order valence-corrected chi connectivity index (χ0v) is 11.6. The Bertz CT molecular complexity index is 433. The Kier molecular flexibility index (Phi) is 4.14. The second kappa shape index (κ2) is 5.08. The van der Waals surface area contributed by atoms with Gasteiger partial charge in [0.1, 0.15) is 5.60 Å². The number of ketones is 1. The van der Waals surface area contributed by atoms with Gasteiger partial charge in [0.15, 0.2) is 5.78 Å². The smallest absolute Gasteiger partial charge is 0.159 e. The van der Waals surface area contributed by atoms with E-state index in [0.29, 0.717) is 11.3 Å². The molecule has 0 fully saturated rings. The molecule has 0 aliphatic carbocycles. The van der Waals surface area contributed by atoms with Crippen LogP contribution in [0.2, 0.25) is 0 Å². The van der Waals surface area contributed by atoms with E-state index in [1.54, 1.807) is 52.0 Å². The number of rotatable bonds is 5. The molecule has 18 heavy (non-hydrogen) atoms. The molecule has 0 unspecified atom stereocenters. The summed E-state index contributed by atoms with van der Waals surface area (Å²) in [6.45, 7) is 8.45. The van der Waals surface area contributed by atoms with Gasteiger partial charge in [-0.25, -0.2) is 0 Å². The highest BCUT2D eigenvalue weighted by Gasteiger charge is 2.36. The van der Waals surface area contributed by atoms with Crippen molar-refractivity contribution < 1.29 is 14.7 Å². The number of carbonyl (C=O) groups is 1. The fourth-order valence-electron chi connectivity index (χ4n) is 1.11. The van der Waals surface area contributed by atoms with Crippen LogP contribution in [-0.4, -0.2) is 22.1 Å². The quantitative estimate of drug-likeness (QED) is 0.624. The van der Waals surface area contributed by atoms with Gasteiger partial charge in [-0.3, -0.25) is 15.1 Å². The topological polar surface area (TPSA) is 58.6 Å². The van der Waals surface area contributed by atoms with Crippen molar-refractivity contribution >= 4 is 11.5 Å². The summed E-state index contributed by atoms with van der Waals surface area (Å²) >= 11 is 0. The van der Waals surface area contributed by atoms with E-state index in [2.05, 4.69) is 5.48 Å². The summed E-state index contributed by atoms with van der Waals surface area (Å²) in [6.07, 6.45) is 0. The standard InChI is InChI=1S/C14H21NO3/c1-10(16)11-7-6-8-12(9-11)15-18-14(4,5)13(2,3)17/h6-9,15,17H,1-5H3. The normalized spacial score (nSPS) is 12.3. The number of nitrogens with one attached hydrogen (secondary N) is 1. The molecule has 0 aliphatic heterocycles. The number of hydrogen-bond donors (Lipinski definition) is 2. The molecule has 0 bridgehead atoms. The molecule has 1 aromatic rings. The minimum absolute atomic E-state index is 0.000369. The molecule has 0 aliphatic rings. The van der Waals surface area contributed by atoms with E-state index in [4.69, 9.17) is 4.84 Å². The van der Waals surface area contributed by atoms with Gasteiger partial charge in [-0.1, -0.05) is 12.1 Å². The predicted molar refractivity (Wildman–Crippen MR) is 71.5 cm³/mol. The molecule has 2 N–H and O–H groups in total. The predicted octanol–water partition coefficient (Wildman–Crippen LogP) is 2.78. The van der Waals surface area contributed by atoms with Crippen molar-refractivity contribution in [1.82, 2.24) is 0 Å². The van der Waals surface area contributed by atoms with Crippen LogP contribution in [0.1, 0.15) is 45.0 Å². The Balaban J connectivity index is 2.75. The lowest BCUT2D eigenvalue weighted by molar-refractivity contribution is -0.130. The molecule has 0 amide bonds. The molecule has 4 nitrogen and oxygen atoms in total. The van der Waals surface area contributed by atoms with Gasteiger partial charge in [0.2, 0.25) is 0 Å². The van der Waals surface area contributed by atoms with Crippen LogP contribution in [0.4, 0.5) is 5.69 Å². The molecule has 0 saturated heterocycles. The maximum atomic E-state index is 11.2. The summed E-state index contributed by atoms with van der Waals surface area (Å²) in [5, 5.41) is 9.95. The maximum Gasteiger partial charge on any atom is 0.159 e. The van der Waals surface area contributed by atoms with E-state index in [0.717, 1.165) is 0 Å². The molecule has 0 spiro atoms. The second-order valence-corrected chi connectivity index (χ2v) is 5.41. The molecule has 1 aromatic carbocycles. The molecular formula is C14H21NO3. The zero-order chi connectivity index (χ0) is 14.0. The molecule has 0 radical (unpaired) electrons. The third-order valence-electron chi connectivity index (χ3n) is 3.17. The summed E-state index contributed by atoms with van der Waals surface area (Å²) in [5.74, 6) is 0.000369. The average molecular weight is 251 g/mol. The van der Waals surface area contributed by atoms with Crippen LogP contribution in [-0.2, 0) is 4.84 Å². The van der Waals surface area contributed by atoms with Crippen LogP contribution in [0.5, 0.6) is 0 Å². The van der Waals surface area contributed by atoms with Gasteiger partial charge in [-0.2, -0.15) is 0 Å². The van der Waals surface area contributed by atoms with Crippen molar-refractivity contribution in [2.45, 2.75) is 45.8 Å². The van der Waals surface area contributed by atoms with Crippen LogP contribution in [0.25, 0.3) is 0 Å². The number of Topliss-reactive ketones (excluding diaryl/α,β-unsaturated/α-hetero) is 1. The van der Waals surface area contributed by atoms with Crippen molar-refractivity contribution in [3.8, 4) is 0 Å². The van der Waals surface area contributed by atoms with Crippen molar-refractivity contribution in [2.24, 2.45) is 0 Å². The summed E-state index contributed by atoms with van der Waals surface area (Å²) in [6, 6.07) is 7.03. The third-order valence-corrected chi connectivity index (χ3v) is 3.17. The van der Waals surface area contributed by atoms with E-state index in [-0.39, 0.29) is 5.78 Å². The number of carbonyl (C=O) groups excluding carboxylic acids is 1. The number of benzene rings is 1. The third kappa shape index (κ3) is 3.55. The minimum Gasteiger partial charge on any atom is -0.387 e. The molecule has 4 heteroatoms. The van der Waals surface area contributed by atoms with Crippen LogP contribution >= 0.6 is 0 Å². The largest absolute Gasteiger partial charge is 0.387 e. The lowest BCUT2D eigenvalue weighted by Crippen LogP contribution is -2.48. The van der Waals surface area contributed by atoms with E-state index in [1.807, 2.05) is 0 Å². The van der Waals surface area contributed by atoms with Gasteiger partial charge in [-0.15, -0.1) is 0 Å². The molecule has 100 valence electrons. The van der Waals surface area contributed by atoms with Crippen molar-refractivity contribution in [3.63, 3.8) is 0 Å². The molecule has 1 rings (SSSR count). The highest BCUT2D eigenvalue weighted by molar-refractivity contribution is 5.94. The molecule has 0 aromatic heterocycles. The van der Waals surface area contributed by atoms with Crippen molar-refractivity contribution in [2.75, 3.05) is 5.48 Å². The Morgan fingerprint density at radius 1 is 1.28 bits per heavy atom. The number of anilines is 1. The fraction of sp³-hybridized carbons (Fsp3) is 0.500. The van der Waals surface area contributed by atoms with E-state index in [1.165, 1.54) is 6.92 Å². The number of aliphatic hydroxyl groups is 1. The lowest BCUT2D eigenvalue weighted by Gasteiger charge is -2.36. The number of hydrogen-bond acceptors (Lipinski definition) is 4. The molecular weight excluding hydrogens is 230 g/mol. The Morgan fingerprint density at radius 3 is 2.39 bits per heavy atom. The Hall–Kier alpha value is -1.39. The van der Waals surface area contributed by atoms with Gasteiger partial charge < -0.3 is 5.11 Å². The first-order valence-corrected chi connectivity index (χ1v) is 5.91. The second-order valence-electron chi connectivity index (χ2n) is 5.41. The molecule has 0 saturated carbocycles. The fourth-order valence-corrected chi connectivity index (χ4v) is 1.11. The summed E-state index contributed by atoms with van der Waals surface area (Å²) in [5.41, 5.74) is 2.32. The minimum atomic E-state index is -0.988. The van der Waals surface area contributed by atoms with Crippen LogP contribution < -0.4 is 5.48 Å². The highest BCUT2D eigenvalue weighted by atomic mass is 16.7. The zero-order valence-electron chi connectivity index (χ0n) is 11.6. The SMILES string of the molecule is CC(=O)c1cccc(NOC(C)(C)C(C)(C)O)c1. The first kappa shape index (κ1) is 14.7. The molecule has 0 atom stereocenters. The van der Waals surface area contributed by atoms with E-state index in [9.17, 15) is 9.90 Å². The summed E-state index contributed by atoms with van der Waals surface area (Å²) in [4.78, 5) is 16.8. The van der Waals surface area contributed by atoms with Gasteiger partial charge in [0.25, 0.3) is 0 Å². The summed E-state index contributed by atoms with van der Waals surface area (Å²) < 4.78 is 0. The van der Waals surface area contributed by atoms with Crippen molar-refractivity contribution in [3.05, 3.63) is 29.8 Å². The Morgan fingerprint density at radius 2 is 1.89 bits per heavy atom. The van der Waals surface area contributed by atoms with Gasteiger partial charge in [0.05, 0.1) is 11.3 Å². The monoisotopic (exact) mass is 251 g/mol. The first-order chi connectivity index (χ1) is 8.13. The lowest BCUT2D eigenvalue weighted by atomic mass is 9.90. The van der Waals surface area contributed by atoms with Crippen LogP contribution in [0.15, 0.2) is 24.3 Å². The van der Waals surface area contributed by atoms with Gasteiger partial charge >= 0.3 is 0 Å². The van der Waals surface area contributed by atoms with Crippen LogP contribution in [0.3, 0.4) is 0 Å². The van der Waals surface area contributed by atoms with E-state index < -0.39 is 11.2 Å². The van der Waals surface area contributed by atoms with Crippen LogP contribution in [0, 0.1) is 0 Å². The highest BCUT2D eigenvalue weighted by Crippen LogP contribution is 2.25. The first-order valence-electron chi connectivity index (χ1n) is 5.91.